The van der Waals surface area contributed by atoms with Gasteiger partial charge in [-0.3, -0.25) is 0 Å². The summed E-state index contributed by atoms with van der Waals surface area (Å²) >= 11 is 0. The fraction of sp³-hybridized carbons (Fsp3) is 0.667. The van der Waals surface area contributed by atoms with E-state index in [-0.39, 0.29) is 0 Å². The Morgan fingerprint density at radius 2 is 1.44 bits per heavy atom. The van der Waals surface area contributed by atoms with E-state index in [1.54, 1.807) is 16.7 Å². The molecule has 2 fully saturated rings. The summed E-state index contributed by atoms with van der Waals surface area (Å²) < 4.78 is 0. The molecule has 0 nitrogen and oxygen atoms in total. The summed E-state index contributed by atoms with van der Waals surface area (Å²) in [4.78, 5) is 0. The van der Waals surface area contributed by atoms with Crippen LogP contribution in [0.4, 0.5) is 0 Å². The number of aryl methyl sites for hydroxylation is 1. The summed E-state index contributed by atoms with van der Waals surface area (Å²) in [6.07, 6.45) is 13.2. The maximum atomic E-state index is 2.47. The second kappa shape index (κ2) is 3.62. The van der Waals surface area contributed by atoms with Gasteiger partial charge in [0.15, 0.2) is 0 Å². The predicted molar refractivity (Wildman–Crippen MR) is 76.1 cm³/mol. The van der Waals surface area contributed by atoms with Crippen molar-refractivity contribution in [3.8, 4) is 0 Å². The molecule has 0 radical (unpaired) electrons. The third-order valence-electron chi connectivity index (χ3n) is 6.17. The van der Waals surface area contributed by atoms with Gasteiger partial charge in [0.25, 0.3) is 0 Å². The van der Waals surface area contributed by atoms with Crippen molar-refractivity contribution in [1.29, 1.82) is 0 Å². The molecule has 0 amide bonds. The van der Waals surface area contributed by atoms with Crippen molar-refractivity contribution in [3.63, 3.8) is 0 Å². The van der Waals surface area contributed by atoms with Gasteiger partial charge in [-0.2, -0.15) is 0 Å². The lowest BCUT2D eigenvalue weighted by Gasteiger charge is -2.29. The van der Waals surface area contributed by atoms with E-state index in [9.17, 15) is 0 Å². The van der Waals surface area contributed by atoms with Crippen LogP contribution in [0.3, 0.4) is 0 Å². The number of hydrogen-bond donors (Lipinski definition) is 0. The number of fused-ring (bicyclic) bond motifs is 3. The van der Waals surface area contributed by atoms with Crippen LogP contribution in [0.2, 0.25) is 0 Å². The normalized spacial score (nSPS) is 27.2. The minimum Gasteiger partial charge on any atom is -0.0617 e. The van der Waals surface area contributed by atoms with Crippen LogP contribution in [-0.2, 0) is 10.8 Å². The highest BCUT2D eigenvalue weighted by Crippen LogP contribution is 2.62. The van der Waals surface area contributed by atoms with Crippen LogP contribution >= 0.6 is 0 Å². The molecule has 18 heavy (non-hydrogen) atoms. The zero-order valence-corrected chi connectivity index (χ0v) is 11.6. The first-order valence-electron chi connectivity index (χ1n) is 7.87. The number of rotatable bonds is 0. The number of benzene rings is 1. The van der Waals surface area contributed by atoms with E-state index in [0.29, 0.717) is 10.8 Å². The highest BCUT2D eigenvalue weighted by Gasteiger charge is 2.53. The van der Waals surface area contributed by atoms with Crippen molar-refractivity contribution in [3.05, 3.63) is 34.9 Å². The van der Waals surface area contributed by atoms with Gasteiger partial charge in [0.05, 0.1) is 0 Å². The monoisotopic (exact) mass is 240 g/mol. The lowest BCUT2D eigenvalue weighted by molar-refractivity contribution is 0.323. The van der Waals surface area contributed by atoms with E-state index in [1.807, 2.05) is 0 Å². The molecule has 0 N–H and O–H groups in total. The van der Waals surface area contributed by atoms with Crippen LogP contribution in [0.15, 0.2) is 18.2 Å². The molecule has 0 heteroatoms. The van der Waals surface area contributed by atoms with Crippen LogP contribution in [0.5, 0.6) is 0 Å². The lowest BCUT2D eigenvalue weighted by atomic mass is 9.74. The molecule has 0 bridgehead atoms. The fourth-order valence-electron chi connectivity index (χ4n) is 5.62. The first-order chi connectivity index (χ1) is 8.76. The van der Waals surface area contributed by atoms with Crippen molar-refractivity contribution in [2.75, 3.05) is 0 Å². The van der Waals surface area contributed by atoms with Crippen molar-refractivity contribution in [2.24, 2.45) is 0 Å². The molecule has 0 aromatic heterocycles. The van der Waals surface area contributed by atoms with Crippen LogP contribution in [0.25, 0.3) is 0 Å². The van der Waals surface area contributed by atoms with Gasteiger partial charge in [0.1, 0.15) is 0 Å². The van der Waals surface area contributed by atoms with Crippen molar-refractivity contribution in [1.82, 2.24) is 0 Å². The van der Waals surface area contributed by atoms with E-state index in [2.05, 4.69) is 25.1 Å². The summed E-state index contributed by atoms with van der Waals surface area (Å²) in [7, 11) is 0. The average molecular weight is 240 g/mol. The second-order valence-electron chi connectivity index (χ2n) is 7.15. The largest absolute Gasteiger partial charge is 0.0617 e. The molecule has 3 aliphatic rings. The van der Waals surface area contributed by atoms with Gasteiger partial charge in [0, 0.05) is 0 Å². The Bertz CT molecular complexity index is 471. The fourth-order valence-corrected chi connectivity index (χ4v) is 5.62. The molecule has 1 aromatic carbocycles. The molecule has 0 unspecified atom stereocenters. The SMILES string of the molecule is Cc1cccc2c1C1(CCCC1)CC21CCCC1. The Labute approximate surface area is 111 Å². The van der Waals surface area contributed by atoms with Gasteiger partial charge >= 0.3 is 0 Å². The van der Waals surface area contributed by atoms with Gasteiger partial charge in [-0.1, -0.05) is 43.9 Å². The van der Waals surface area contributed by atoms with Gasteiger partial charge < -0.3 is 0 Å². The highest BCUT2D eigenvalue weighted by atomic mass is 14.6. The average Bonchev–Trinajstić information content (AvgIpc) is 3.05. The molecule has 1 aromatic rings. The molecule has 4 rings (SSSR count). The van der Waals surface area contributed by atoms with Crippen molar-refractivity contribution in [2.45, 2.75) is 75.5 Å². The molecule has 0 atom stereocenters. The minimum absolute atomic E-state index is 0.588. The summed E-state index contributed by atoms with van der Waals surface area (Å²) in [5.41, 5.74) is 6.32. The first-order valence-corrected chi connectivity index (χ1v) is 7.87. The van der Waals surface area contributed by atoms with E-state index in [1.165, 1.54) is 57.8 Å². The number of hydrogen-bond acceptors (Lipinski definition) is 0. The maximum Gasteiger partial charge on any atom is -0.00329 e. The standard InChI is InChI=1S/C18H24/c1-14-7-6-8-15-16(14)18(11-4-5-12-18)13-17(15)9-2-3-10-17/h6-8H,2-5,9-13H2,1H3. The van der Waals surface area contributed by atoms with Crippen LogP contribution < -0.4 is 0 Å². The molecule has 2 saturated carbocycles. The Kier molecular flexibility index (Phi) is 2.23. The van der Waals surface area contributed by atoms with Crippen molar-refractivity contribution < 1.29 is 0 Å². The zero-order chi connectivity index (χ0) is 12.2. The molecule has 3 aliphatic carbocycles. The second-order valence-corrected chi connectivity index (χ2v) is 7.15. The van der Waals surface area contributed by atoms with Gasteiger partial charge in [-0.05, 0) is 66.5 Å². The third kappa shape index (κ3) is 1.27. The topological polar surface area (TPSA) is 0 Å². The molecule has 96 valence electrons. The molecule has 2 spiro atoms. The van der Waals surface area contributed by atoms with Crippen LogP contribution in [0.1, 0.15) is 74.5 Å². The Balaban J connectivity index is 1.93. The quantitative estimate of drug-likeness (QED) is 0.597. The Hall–Kier alpha value is -0.780. The van der Waals surface area contributed by atoms with Crippen molar-refractivity contribution >= 4 is 0 Å². The van der Waals surface area contributed by atoms with Crippen LogP contribution in [-0.4, -0.2) is 0 Å². The van der Waals surface area contributed by atoms with Crippen LogP contribution in [0, 0.1) is 6.92 Å². The highest BCUT2D eigenvalue weighted by molar-refractivity contribution is 5.51. The van der Waals surface area contributed by atoms with E-state index >= 15 is 0 Å². The molecule has 0 saturated heterocycles. The molecular weight excluding hydrogens is 216 g/mol. The third-order valence-corrected chi connectivity index (χ3v) is 6.17. The maximum absolute atomic E-state index is 2.47. The lowest BCUT2D eigenvalue weighted by Crippen LogP contribution is -2.24. The molecule has 0 aliphatic heterocycles. The summed E-state index contributed by atoms with van der Waals surface area (Å²) in [5.74, 6) is 0. The molecular formula is C18H24. The zero-order valence-electron chi connectivity index (χ0n) is 11.6. The smallest absolute Gasteiger partial charge is 0.00329 e. The van der Waals surface area contributed by atoms with E-state index < -0.39 is 0 Å². The summed E-state index contributed by atoms with van der Waals surface area (Å²) in [6, 6.07) is 7.13. The first kappa shape index (κ1) is 11.1. The van der Waals surface area contributed by atoms with E-state index in [4.69, 9.17) is 0 Å². The van der Waals surface area contributed by atoms with Gasteiger partial charge in [0.2, 0.25) is 0 Å². The Morgan fingerprint density at radius 3 is 2.11 bits per heavy atom. The van der Waals surface area contributed by atoms with Gasteiger partial charge in [-0.25, -0.2) is 0 Å². The summed E-state index contributed by atoms with van der Waals surface area (Å²) in [6.45, 7) is 2.35. The summed E-state index contributed by atoms with van der Waals surface area (Å²) in [5, 5.41) is 0. The minimum atomic E-state index is 0.588. The van der Waals surface area contributed by atoms with E-state index in [0.717, 1.165) is 0 Å². The van der Waals surface area contributed by atoms with Gasteiger partial charge in [-0.15, -0.1) is 0 Å². The predicted octanol–water partition coefficient (Wildman–Crippen LogP) is 5.02. The molecule has 0 heterocycles. The Morgan fingerprint density at radius 1 is 0.833 bits per heavy atom.